The number of ketones is 1. The number of ether oxygens (including phenoxy) is 1. The maximum absolute atomic E-state index is 12.0. The van der Waals surface area contributed by atoms with Gasteiger partial charge in [-0.1, -0.05) is 103 Å². The van der Waals surface area contributed by atoms with Crippen molar-refractivity contribution < 1.29 is 19.7 Å². The van der Waals surface area contributed by atoms with Crippen molar-refractivity contribution >= 4 is 18.2 Å². The van der Waals surface area contributed by atoms with Crippen LogP contribution in [0.1, 0.15) is 57.9 Å². The molecule has 0 aromatic heterocycles. The topological polar surface area (TPSA) is 78.8 Å². The maximum Gasteiger partial charge on any atom is 0.170 e. The average Bonchev–Trinajstić information content (AvgIpc) is 3.05. The number of aromatic hydroxyl groups is 2. The van der Waals surface area contributed by atoms with Crippen molar-refractivity contribution in [3.05, 3.63) is 161 Å². The Labute approximate surface area is 266 Å². The van der Waals surface area contributed by atoms with Gasteiger partial charge >= 0.3 is 0 Å². The molecule has 0 amide bonds. The number of carbonyl (C=O) groups excluding carboxylic acids is 1. The summed E-state index contributed by atoms with van der Waals surface area (Å²) in [6.07, 6.45) is 1.27. The molecule has 0 fully saturated rings. The van der Waals surface area contributed by atoms with Crippen molar-refractivity contribution in [2.45, 2.75) is 31.7 Å². The van der Waals surface area contributed by atoms with Crippen LogP contribution in [0.5, 0.6) is 17.2 Å². The molecule has 0 heterocycles. The highest BCUT2D eigenvalue weighted by Gasteiger charge is 2.15. The monoisotopic (exact) mass is 609 g/mol. The molecule has 5 nitrogen and oxygen atoms in total. The molecule has 0 radical (unpaired) electrons. The summed E-state index contributed by atoms with van der Waals surface area (Å²) in [6, 6.07) is 43.7. The first-order valence-corrected chi connectivity index (χ1v) is 14.5. The summed E-state index contributed by atoms with van der Waals surface area (Å²) in [5, 5.41) is 22.5. The molecule has 5 aromatic rings. The normalized spacial score (nSPS) is 11.1. The van der Waals surface area contributed by atoms with Gasteiger partial charge < -0.3 is 20.3 Å². The fourth-order valence-corrected chi connectivity index (χ4v) is 4.98. The zero-order valence-electron chi connectivity index (χ0n) is 25.1. The Morgan fingerprint density at radius 1 is 0.727 bits per heavy atom. The van der Waals surface area contributed by atoms with Gasteiger partial charge in [-0.25, -0.2) is 0 Å². The Morgan fingerprint density at radius 2 is 1.25 bits per heavy atom. The van der Waals surface area contributed by atoms with Gasteiger partial charge in [0, 0.05) is 24.4 Å². The van der Waals surface area contributed by atoms with Gasteiger partial charge in [0.2, 0.25) is 0 Å². The van der Waals surface area contributed by atoms with E-state index in [1.54, 1.807) is 31.4 Å². The second kappa shape index (κ2) is 17.5. The van der Waals surface area contributed by atoms with E-state index in [-0.39, 0.29) is 41.7 Å². The van der Waals surface area contributed by atoms with Crippen LogP contribution in [0.2, 0.25) is 0 Å². The Bertz CT molecular complexity index is 1510. The minimum Gasteiger partial charge on any atom is -0.508 e. The molecule has 5 aromatic carbocycles. The number of benzene rings is 5. The third-order valence-corrected chi connectivity index (χ3v) is 7.39. The highest BCUT2D eigenvalue weighted by Crippen LogP contribution is 2.28. The standard InChI is InChI=1S/C23H25N.C15H14O4.ClH/c1-19(20-11-5-2-6-12-20)24-18-17-23(21-13-7-3-8-14-21)22-15-9-4-10-16-22;1-19-12-5-2-10(3-6-12)8-14(17)13-7-4-11(16)9-15(13)18;/h2-16,19,23-24H,17-18H2,1H3;2-7,9,16,18H,8H2,1H3;1H. The van der Waals surface area contributed by atoms with Gasteiger partial charge in [-0.2, -0.15) is 0 Å². The smallest absolute Gasteiger partial charge is 0.170 e. The highest BCUT2D eigenvalue weighted by molar-refractivity contribution is 6.00. The van der Waals surface area contributed by atoms with Crippen LogP contribution >= 0.6 is 12.4 Å². The van der Waals surface area contributed by atoms with Gasteiger partial charge in [0.15, 0.2) is 5.78 Å². The Morgan fingerprint density at radius 3 is 1.75 bits per heavy atom. The number of Topliss-reactive ketones (excluding diaryl/α,β-unsaturated/α-hetero) is 1. The SMILES string of the molecule is CC(NCCC(c1ccccc1)c1ccccc1)c1ccccc1.COc1ccc(CC(=O)c2ccc(O)cc2O)cc1.Cl. The second-order valence-corrected chi connectivity index (χ2v) is 10.4. The summed E-state index contributed by atoms with van der Waals surface area (Å²) in [5.41, 5.74) is 5.15. The van der Waals surface area contributed by atoms with Gasteiger partial charge in [0.05, 0.1) is 12.7 Å². The molecular weight excluding hydrogens is 570 g/mol. The third-order valence-electron chi connectivity index (χ3n) is 7.39. The fourth-order valence-electron chi connectivity index (χ4n) is 4.98. The fraction of sp³-hybridized carbons (Fsp3) is 0.184. The van der Waals surface area contributed by atoms with Crippen LogP contribution in [0.15, 0.2) is 133 Å². The van der Waals surface area contributed by atoms with Gasteiger partial charge in [0.1, 0.15) is 17.2 Å². The van der Waals surface area contributed by atoms with E-state index in [1.165, 1.54) is 28.8 Å². The summed E-state index contributed by atoms with van der Waals surface area (Å²) in [4.78, 5) is 12.0. The van der Waals surface area contributed by atoms with E-state index in [0.29, 0.717) is 12.0 Å². The molecule has 0 saturated carbocycles. The number of phenols is 2. The summed E-state index contributed by atoms with van der Waals surface area (Å²) in [6.45, 7) is 3.22. The molecule has 0 aliphatic rings. The molecule has 0 aliphatic heterocycles. The van der Waals surface area contributed by atoms with Crippen LogP contribution in [0.4, 0.5) is 0 Å². The van der Waals surface area contributed by atoms with Gasteiger partial charge in [0.25, 0.3) is 0 Å². The van der Waals surface area contributed by atoms with Crippen molar-refractivity contribution in [1.29, 1.82) is 0 Å². The van der Waals surface area contributed by atoms with E-state index in [4.69, 9.17) is 4.74 Å². The van der Waals surface area contributed by atoms with Gasteiger partial charge in [-0.15, -0.1) is 12.4 Å². The molecule has 6 heteroatoms. The van der Waals surface area contributed by atoms with Gasteiger partial charge in [-0.05, 0) is 66.4 Å². The predicted octanol–water partition coefficient (Wildman–Crippen LogP) is 8.51. The van der Waals surface area contributed by atoms with E-state index in [0.717, 1.165) is 30.3 Å². The largest absolute Gasteiger partial charge is 0.508 e. The molecule has 0 spiro atoms. The molecular formula is C38H40ClNO4. The first kappa shape index (κ1) is 33.9. The van der Waals surface area contributed by atoms with E-state index in [2.05, 4.69) is 103 Å². The Kier molecular flexibility index (Phi) is 13.5. The molecule has 1 unspecified atom stereocenters. The van der Waals surface area contributed by atoms with Crippen LogP contribution in [0.3, 0.4) is 0 Å². The Hall–Kier alpha value is -4.58. The predicted molar refractivity (Wildman–Crippen MR) is 180 cm³/mol. The average molecular weight is 610 g/mol. The summed E-state index contributed by atoms with van der Waals surface area (Å²) >= 11 is 0. The van der Waals surface area contributed by atoms with E-state index >= 15 is 0 Å². The number of hydrogen-bond donors (Lipinski definition) is 3. The second-order valence-electron chi connectivity index (χ2n) is 10.4. The number of halogens is 1. The lowest BCUT2D eigenvalue weighted by molar-refractivity contribution is 0.0990. The van der Waals surface area contributed by atoms with Crippen molar-refractivity contribution in [3.8, 4) is 17.2 Å². The molecule has 228 valence electrons. The molecule has 0 saturated heterocycles. The van der Waals surface area contributed by atoms with E-state index < -0.39 is 0 Å². The van der Waals surface area contributed by atoms with E-state index in [1.807, 2.05) is 0 Å². The zero-order chi connectivity index (χ0) is 30.4. The molecule has 3 N–H and O–H groups in total. The first-order chi connectivity index (χ1) is 20.9. The van der Waals surface area contributed by atoms with Crippen molar-refractivity contribution in [3.63, 3.8) is 0 Å². The number of carbonyl (C=O) groups is 1. The maximum atomic E-state index is 12.0. The Balaban J connectivity index is 0.000000241. The van der Waals surface area contributed by atoms with Crippen molar-refractivity contribution in [2.75, 3.05) is 13.7 Å². The van der Waals surface area contributed by atoms with Crippen molar-refractivity contribution in [2.24, 2.45) is 0 Å². The lowest BCUT2D eigenvalue weighted by atomic mass is 9.88. The number of nitrogens with one attached hydrogen (secondary N) is 1. The number of phenolic OH excluding ortho intramolecular Hbond substituents is 2. The van der Waals surface area contributed by atoms with Crippen LogP contribution < -0.4 is 10.1 Å². The zero-order valence-corrected chi connectivity index (χ0v) is 25.9. The molecule has 5 rings (SSSR count). The lowest BCUT2D eigenvalue weighted by Crippen LogP contribution is -2.21. The summed E-state index contributed by atoms with van der Waals surface area (Å²) in [7, 11) is 1.58. The minimum absolute atomic E-state index is 0. The molecule has 44 heavy (non-hydrogen) atoms. The van der Waals surface area contributed by atoms with Crippen LogP contribution in [-0.2, 0) is 6.42 Å². The quantitative estimate of drug-likeness (QED) is 0.131. The van der Waals surface area contributed by atoms with Crippen LogP contribution in [0, 0.1) is 0 Å². The number of methoxy groups -OCH3 is 1. The first-order valence-electron chi connectivity index (χ1n) is 14.5. The molecule has 0 aliphatic carbocycles. The molecule has 0 bridgehead atoms. The molecule has 1 atom stereocenters. The van der Waals surface area contributed by atoms with Crippen LogP contribution in [0.25, 0.3) is 0 Å². The van der Waals surface area contributed by atoms with Crippen molar-refractivity contribution in [1.82, 2.24) is 5.32 Å². The lowest BCUT2D eigenvalue weighted by Gasteiger charge is -2.20. The highest BCUT2D eigenvalue weighted by atomic mass is 35.5. The number of hydrogen-bond acceptors (Lipinski definition) is 5. The summed E-state index contributed by atoms with van der Waals surface area (Å²) < 4.78 is 5.04. The van der Waals surface area contributed by atoms with E-state index in [9.17, 15) is 15.0 Å². The summed E-state index contributed by atoms with van der Waals surface area (Å²) in [5.74, 6) is 0.672. The van der Waals surface area contributed by atoms with Gasteiger partial charge in [-0.3, -0.25) is 4.79 Å². The minimum atomic E-state index is -0.210. The number of rotatable bonds is 11. The van der Waals surface area contributed by atoms with Crippen LogP contribution in [-0.4, -0.2) is 29.7 Å². The third kappa shape index (κ3) is 10.0.